The lowest BCUT2D eigenvalue weighted by atomic mass is 9.84. The van der Waals surface area contributed by atoms with Crippen molar-refractivity contribution in [3.8, 4) is 0 Å². The molecule has 2 saturated heterocycles. The molecule has 7 nitrogen and oxygen atoms in total. The highest BCUT2D eigenvalue weighted by Crippen LogP contribution is 2.49. The Morgan fingerprint density at radius 1 is 1.05 bits per heavy atom. The topological polar surface area (TPSA) is 73.3 Å². The largest absolute Gasteiger partial charge is 0.478 e. The summed E-state index contributed by atoms with van der Waals surface area (Å²) in [5.41, 5.74) is -1.34. The second-order valence-corrected chi connectivity index (χ2v) is 12.2. The lowest BCUT2D eigenvalue weighted by molar-refractivity contribution is -0.177. The van der Waals surface area contributed by atoms with E-state index in [1.54, 1.807) is 6.07 Å². The molecule has 0 aromatic heterocycles. The van der Waals surface area contributed by atoms with E-state index < -0.39 is 35.3 Å². The van der Waals surface area contributed by atoms with E-state index >= 15 is 4.39 Å². The Morgan fingerprint density at radius 2 is 1.81 bits per heavy atom. The van der Waals surface area contributed by atoms with Crippen molar-refractivity contribution in [1.29, 1.82) is 0 Å². The predicted molar refractivity (Wildman–Crippen MR) is 147 cm³/mol. The SMILES string of the molecule is C[C@H]1CN([C@@H]2CC[C@@](C(=O)N3Cc4cc(C(F)(F)F)ccc4C(F)C3)(C3CC3)OC2)CCN1c1ccc(F)c(C(=O)O)c1. The fraction of sp³-hybridized carbons (Fsp3) is 0.548. The van der Waals surface area contributed by atoms with Crippen LogP contribution >= 0.6 is 0 Å². The maximum atomic E-state index is 15.1. The van der Waals surface area contributed by atoms with Crippen molar-refractivity contribution in [2.45, 2.75) is 69.2 Å². The Hall–Kier alpha value is -3.25. The Bertz CT molecular complexity index is 1410. The third-order valence-corrected chi connectivity index (χ3v) is 9.51. The molecule has 6 rings (SSSR count). The summed E-state index contributed by atoms with van der Waals surface area (Å²) in [5, 5.41) is 9.30. The van der Waals surface area contributed by atoms with E-state index in [0.717, 1.165) is 25.0 Å². The molecule has 12 heteroatoms. The number of alkyl halides is 4. The fourth-order valence-corrected chi connectivity index (χ4v) is 7.05. The zero-order valence-electron chi connectivity index (χ0n) is 23.7. The molecule has 0 radical (unpaired) electrons. The number of benzene rings is 2. The third kappa shape index (κ3) is 5.59. The van der Waals surface area contributed by atoms with Crippen molar-refractivity contribution in [3.63, 3.8) is 0 Å². The number of fused-ring (bicyclic) bond motifs is 1. The Kier molecular flexibility index (Phi) is 7.65. The highest BCUT2D eigenvalue weighted by molar-refractivity contribution is 5.89. The quantitative estimate of drug-likeness (QED) is 0.457. The van der Waals surface area contributed by atoms with Crippen molar-refractivity contribution in [3.05, 3.63) is 64.5 Å². The number of carboxylic acids is 1. The Balaban J connectivity index is 1.12. The van der Waals surface area contributed by atoms with Gasteiger partial charge in [-0.25, -0.2) is 13.6 Å². The van der Waals surface area contributed by atoms with Gasteiger partial charge in [0.2, 0.25) is 0 Å². The average Bonchev–Trinajstić information content (AvgIpc) is 3.82. The van der Waals surface area contributed by atoms with Crippen LogP contribution in [0.25, 0.3) is 0 Å². The molecule has 3 heterocycles. The number of anilines is 1. The Labute approximate surface area is 246 Å². The summed E-state index contributed by atoms with van der Waals surface area (Å²) in [6.07, 6.45) is -3.40. The first-order valence-corrected chi connectivity index (χ1v) is 14.7. The van der Waals surface area contributed by atoms with Gasteiger partial charge < -0.3 is 19.6 Å². The van der Waals surface area contributed by atoms with Gasteiger partial charge in [-0.1, -0.05) is 6.07 Å². The third-order valence-electron chi connectivity index (χ3n) is 9.51. The van der Waals surface area contributed by atoms with E-state index in [2.05, 4.69) is 9.80 Å². The minimum absolute atomic E-state index is 0.000374. The number of hydrogen-bond acceptors (Lipinski definition) is 5. The fourth-order valence-electron chi connectivity index (χ4n) is 7.05. The standard InChI is InChI=1S/C31H34F5N3O4/c1-18-14-37(10-11-39(18)22-5-7-26(32)25(13-22)28(40)41)23-8-9-30(43-17-23,20-2-3-20)29(42)38-15-19-12-21(31(34,35)36)4-6-24(19)27(33)16-38/h4-7,12-13,18,20,23,27H,2-3,8-11,14-17H2,1H3,(H,40,41)/t18-,23+,27?,30-/m0/s1. The molecule has 3 aliphatic heterocycles. The predicted octanol–water partition coefficient (Wildman–Crippen LogP) is 5.43. The first-order chi connectivity index (χ1) is 20.4. The summed E-state index contributed by atoms with van der Waals surface area (Å²) >= 11 is 0. The van der Waals surface area contributed by atoms with E-state index in [9.17, 15) is 32.3 Å². The highest BCUT2D eigenvalue weighted by Gasteiger charge is 2.56. The van der Waals surface area contributed by atoms with Crippen LogP contribution < -0.4 is 4.90 Å². The monoisotopic (exact) mass is 607 g/mol. The number of carbonyl (C=O) groups is 2. The van der Waals surface area contributed by atoms with Crippen molar-refractivity contribution in [2.24, 2.45) is 5.92 Å². The van der Waals surface area contributed by atoms with E-state index in [4.69, 9.17) is 4.74 Å². The number of nitrogens with zero attached hydrogens (tertiary/aromatic N) is 3. The second kappa shape index (κ2) is 11.0. The van der Waals surface area contributed by atoms with Crippen LogP contribution in [-0.4, -0.2) is 77.3 Å². The summed E-state index contributed by atoms with van der Waals surface area (Å²) in [6, 6.07) is 7.15. The molecule has 4 aliphatic rings. The van der Waals surface area contributed by atoms with Crippen LogP contribution in [0.3, 0.4) is 0 Å². The number of amides is 1. The van der Waals surface area contributed by atoms with Gasteiger partial charge in [0.1, 0.15) is 17.6 Å². The molecule has 2 aromatic rings. The first-order valence-electron chi connectivity index (χ1n) is 14.7. The molecule has 232 valence electrons. The maximum Gasteiger partial charge on any atom is 0.416 e. The van der Waals surface area contributed by atoms with Crippen molar-refractivity contribution in [2.75, 3.05) is 37.7 Å². The number of aromatic carboxylic acids is 1. The number of carbonyl (C=O) groups excluding carboxylic acids is 1. The molecule has 1 unspecified atom stereocenters. The van der Waals surface area contributed by atoms with Crippen LogP contribution in [0.1, 0.15) is 65.8 Å². The molecule has 0 bridgehead atoms. The Morgan fingerprint density at radius 3 is 2.44 bits per heavy atom. The van der Waals surface area contributed by atoms with Gasteiger partial charge in [0.05, 0.1) is 24.3 Å². The summed E-state index contributed by atoms with van der Waals surface area (Å²) in [6.45, 7) is 3.93. The van der Waals surface area contributed by atoms with Crippen LogP contribution in [0.15, 0.2) is 36.4 Å². The van der Waals surface area contributed by atoms with Gasteiger partial charge in [0, 0.05) is 44.0 Å². The van der Waals surface area contributed by atoms with Crippen LogP contribution in [0.5, 0.6) is 0 Å². The molecule has 3 fully saturated rings. The summed E-state index contributed by atoms with van der Waals surface area (Å²) in [5.74, 6) is -2.44. The highest BCUT2D eigenvalue weighted by atomic mass is 19.4. The molecule has 43 heavy (non-hydrogen) atoms. The van der Waals surface area contributed by atoms with Crippen LogP contribution in [0.4, 0.5) is 27.6 Å². The van der Waals surface area contributed by atoms with Crippen LogP contribution in [0.2, 0.25) is 0 Å². The van der Waals surface area contributed by atoms with Crippen molar-refractivity contribution < 1.29 is 41.4 Å². The zero-order valence-corrected chi connectivity index (χ0v) is 23.7. The average molecular weight is 608 g/mol. The first kappa shape index (κ1) is 29.8. The number of piperazine rings is 1. The van der Waals surface area contributed by atoms with Gasteiger partial charge in [-0.3, -0.25) is 9.69 Å². The zero-order chi connectivity index (χ0) is 30.7. The number of ether oxygens (including phenoxy) is 1. The number of hydrogen-bond donors (Lipinski definition) is 1. The van der Waals surface area contributed by atoms with Gasteiger partial charge in [0.15, 0.2) is 0 Å². The number of rotatable bonds is 5. The number of halogens is 5. The van der Waals surface area contributed by atoms with Gasteiger partial charge in [-0.2, -0.15) is 13.2 Å². The number of carboxylic acid groups (broad SMARTS) is 1. The molecular formula is C31H34F5N3O4. The minimum atomic E-state index is -4.56. The smallest absolute Gasteiger partial charge is 0.416 e. The van der Waals surface area contributed by atoms with Crippen LogP contribution in [-0.2, 0) is 22.3 Å². The molecule has 0 spiro atoms. The molecule has 4 atom stereocenters. The lowest BCUT2D eigenvalue weighted by Crippen LogP contribution is -2.61. The molecular weight excluding hydrogens is 573 g/mol. The van der Waals surface area contributed by atoms with Crippen molar-refractivity contribution in [1.82, 2.24) is 9.80 Å². The second-order valence-electron chi connectivity index (χ2n) is 12.2. The molecule has 1 aliphatic carbocycles. The summed E-state index contributed by atoms with van der Waals surface area (Å²) < 4.78 is 75.4. The molecule has 1 amide bonds. The van der Waals surface area contributed by atoms with Gasteiger partial charge in [0.25, 0.3) is 5.91 Å². The van der Waals surface area contributed by atoms with E-state index in [1.807, 2.05) is 6.92 Å². The molecule has 2 aromatic carbocycles. The van der Waals surface area contributed by atoms with Gasteiger partial charge >= 0.3 is 12.1 Å². The van der Waals surface area contributed by atoms with Gasteiger partial charge in [-0.15, -0.1) is 0 Å². The lowest BCUT2D eigenvalue weighted by Gasteiger charge is -2.49. The van der Waals surface area contributed by atoms with E-state index in [-0.39, 0.29) is 53.7 Å². The summed E-state index contributed by atoms with van der Waals surface area (Å²) in [4.78, 5) is 31.0. The molecule has 1 N–H and O–H groups in total. The maximum absolute atomic E-state index is 15.1. The van der Waals surface area contributed by atoms with Crippen molar-refractivity contribution >= 4 is 17.6 Å². The van der Waals surface area contributed by atoms with Crippen LogP contribution in [0, 0.1) is 11.7 Å². The van der Waals surface area contributed by atoms with Gasteiger partial charge in [-0.05, 0) is 80.0 Å². The minimum Gasteiger partial charge on any atom is -0.478 e. The summed E-state index contributed by atoms with van der Waals surface area (Å²) in [7, 11) is 0. The van der Waals surface area contributed by atoms with E-state index in [1.165, 1.54) is 23.1 Å². The molecule has 1 saturated carbocycles. The normalized spacial score (nSPS) is 28.5. The van der Waals surface area contributed by atoms with E-state index in [0.29, 0.717) is 44.8 Å².